The number of aliphatic imine (C=N–C) groups is 1. The Morgan fingerprint density at radius 2 is 2.04 bits per heavy atom. The minimum absolute atomic E-state index is 0.187. The van der Waals surface area contributed by atoms with Gasteiger partial charge in [0.25, 0.3) is 0 Å². The molecule has 0 radical (unpaired) electrons. The fourth-order valence-corrected chi connectivity index (χ4v) is 3.77. The van der Waals surface area contributed by atoms with Crippen molar-refractivity contribution < 1.29 is 23.8 Å². The van der Waals surface area contributed by atoms with Crippen LogP contribution in [0.5, 0.6) is 11.5 Å². The van der Waals surface area contributed by atoms with Crippen molar-refractivity contribution >= 4 is 69.1 Å². The summed E-state index contributed by atoms with van der Waals surface area (Å²) in [7, 11) is 0. The predicted molar refractivity (Wildman–Crippen MR) is 121 cm³/mol. The Morgan fingerprint density at radius 1 is 1.25 bits per heavy atom. The summed E-state index contributed by atoms with van der Waals surface area (Å²) in [4.78, 5) is 27.9. The SMILES string of the molecule is CCOc1cc(C=C2N=C(c3cccc(I)c3)OC2=O)cc(I)c1OC(C)=O. The summed E-state index contributed by atoms with van der Waals surface area (Å²) in [6, 6.07) is 11.0. The Labute approximate surface area is 189 Å². The van der Waals surface area contributed by atoms with Crippen molar-refractivity contribution in [2.45, 2.75) is 13.8 Å². The Hall–Kier alpha value is -1.95. The lowest BCUT2D eigenvalue weighted by Gasteiger charge is -2.12. The molecule has 3 rings (SSSR count). The van der Waals surface area contributed by atoms with Gasteiger partial charge in [0.05, 0.1) is 10.2 Å². The second kappa shape index (κ2) is 9.03. The predicted octanol–water partition coefficient (Wildman–Crippen LogP) is 4.56. The highest BCUT2D eigenvalue weighted by atomic mass is 127. The molecule has 0 unspecified atom stereocenters. The maximum atomic E-state index is 12.2. The van der Waals surface area contributed by atoms with E-state index in [9.17, 15) is 9.59 Å². The van der Waals surface area contributed by atoms with Crippen molar-refractivity contribution in [2.75, 3.05) is 6.61 Å². The third kappa shape index (κ3) is 4.90. The van der Waals surface area contributed by atoms with Crippen LogP contribution in [0, 0.1) is 7.14 Å². The van der Waals surface area contributed by atoms with E-state index < -0.39 is 11.9 Å². The summed E-state index contributed by atoms with van der Waals surface area (Å²) in [5, 5.41) is 0. The van der Waals surface area contributed by atoms with E-state index in [1.165, 1.54) is 6.92 Å². The average Bonchev–Trinajstić information content (AvgIpc) is 2.99. The van der Waals surface area contributed by atoms with Crippen LogP contribution in [0.4, 0.5) is 0 Å². The van der Waals surface area contributed by atoms with Crippen molar-refractivity contribution in [1.82, 2.24) is 0 Å². The highest BCUT2D eigenvalue weighted by Crippen LogP contribution is 2.35. The van der Waals surface area contributed by atoms with Crippen LogP contribution in [0.25, 0.3) is 6.08 Å². The van der Waals surface area contributed by atoms with Gasteiger partial charge in [0.15, 0.2) is 17.2 Å². The van der Waals surface area contributed by atoms with E-state index in [1.54, 1.807) is 18.2 Å². The van der Waals surface area contributed by atoms with Gasteiger partial charge in [-0.1, -0.05) is 6.07 Å². The normalized spacial score (nSPS) is 14.6. The first kappa shape index (κ1) is 20.8. The number of esters is 2. The Bertz CT molecular complexity index is 1010. The highest BCUT2D eigenvalue weighted by Gasteiger charge is 2.24. The second-order valence-electron chi connectivity index (χ2n) is 5.70. The van der Waals surface area contributed by atoms with Gasteiger partial charge in [-0.25, -0.2) is 9.79 Å². The van der Waals surface area contributed by atoms with E-state index >= 15 is 0 Å². The molecular formula is C20H15I2NO5. The molecule has 2 aromatic carbocycles. The number of hydrogen-bond acceptors (Lipinski definition) is 6. The van der Waals surface area contributed by atoms with Gasteiger partial charge in [0.1, 0.15) is 0 Å². The van der Waals surface area contributed by atoms with Crippen molar-refractivity contribution in [3.8, 4) is 11.5 Å². The van der Waals surface area contributed by atoms with Gasteiger partial charge in [0.2, 0.25) is 5.90 Å². The fourth-order valence-electron chi connectivity index (χ4n) is 2.49. The number of carbonyl (C=O) groups excluding carboxylic acids is 2. The molecule has 0 amide bonds. The number of ether oxygens (including phenoxy) is 3. The van der Waals surface area contributed by atoms with E-state index in [0.717, 1.165) is 9.13 Å². The van der Waals surface area contributed by atoms with Gasteiger partial charge in [0, 0.05) is 16.1 Å². The molecular weight excluding hydrogens is 588 g/mol. The summed E-state index contributed by atoms with van der Waals surface area (Å²) in [6.45, 7) is 3.57. The summed E-state index contributed by atoms with van der Waals surface area (Å²) in [5.41, 5.74) is 1.61. The molecule has 144 valence electrons. The van der Waals surface area contributed by atoms with Crippen molar-refractivity contribution in [3.05, 3.63) is 60.4 Å². The van der Waals surface area contributed by atoms with E-state index in [-0.39, 0.29) is 11.6 Å². The quantitative estimate of drug-likeness (QED) is 0.217. The number of carbonyl (C=O) groups is 2. The van der Waals surface area contributed by atoms with Crippen LogP contribution in [0.2, 0.25) is 0 Å². The van der Waals surface area contributed by atoms with Gasteiger partial charge in [-0.15, -0.1) is 0 Å². The van der Waals surface area contributed by atoms with E-state index in [2.05, 4.69) is 50.2 Å². The number of benzene rings is 2. The fraction of sp³-hybridized carbons (Fsp3) is 0.150. The van der Waals surface area contributed by atoms with Gasteiger partial charge in [-0.2, -0.15) is 0 Å². The van der Waals surface area contributed by atoms with Crippen LogP contribution in [0.1, 0.15) is 25.0 Å². The van der Waals surface area contributed by atoms with E-state index in [0.29, 0.717) is 27.2 Å². The highest BCUT2D eigenvalue weighted by molar-refractivity contribution is 14.1. The smallest absolute Gasteiger partial charge is 0.363 e. The maximum absolute atomic E-state index is 12.2. The number of nitrogens with zero attached hydrogens (tertiary/aromatic N) is 1. The maximum Gasteiger partial charge on any atom is 0.363 e. The molecule has 0 bridgehead atoms. The first-order chi connectivity index (χ1) is 13.4. The Kier molecular flexibility index (Phi) is 6.70. The molecule has 0 atom stereocenters. The molecule has 0 N–H and O–H groups in total. The molecule has 1 aliphatic heterocycles. The van der Waals surface area contributed by atoms with Crippen LogP contribution in [0.3, 0.4) is 0 Å². The van der Waals surface area contributed by atoms with Gasteiger partial charge in [-0.05, 0) is 94.1 Å². The molecule has 1 aliphatic rings. The molecule has 0 fully saturated rings. The third-order valence-electron chi connectivity index (χ3n) is 3.57. The molecule has 28 heavy (non-hydrogen) atoms. The zero-order chi connectivity index (χ0) is 20.3. The van der Waals surface area contributed by atoms with Crippen LogP contribution >= 0.6 is 45.2 Å². The molecule has 1 heterocycles. The second-order valence-corrected chi connectivity index (χ2v) is 8.11. The number of cyclic esters (lactones) is 1. The van der Waals surface area contributed by atoms with Crippen LogP contribution in [-0.2, 0) is 14.3 Å². The zero-order valence-corrected chi connectivity index (χ0v) is 19.3. The van der Waals surface area contributed by atoms with Crippen molar-refractivity contribution in [2.24, 2.45) is 4.99 Å². The third-order valence-corrected chi connectivity index (χ3v) is 5.05. The minimum atomic E-state index is -0.522. The average molecular weight is 603 g/mol. The molecule has 8 heteroatoms. The largest absolute Gasteiger partial charge is 0.490 e. The first-order valence-electron chi connectivity index (χ1n) is 8.30. The molecule has 2 aromatic rings. The Balaban J connectivity index is 1.98. The summed E-state index contributed by atoms with van der Waals surface area (Å²) in [6.07, 6.45) is 1.62. The van der Waals surface area contributed by atoms with Gasteiger partial charge < -0.3 is 14.2 Å². The van der Waals surface area contributed by atoms with Crippen LogP contribution < -0.4 is 9.47 Å². The lowest BCUT2D eigenvalue weighted by Crippen LogP contribution is -2.06. The summed E-state index contributed by atoms with van der Waals surface area (Å²) < 4.78 is 17.8. The van der Waals surface area contributed by atoms with Gasteiger partial charge >= 0.3 is 11.9 Å². The number of hydrogen-bond donors (Lipinski definition) is 0. The molecule has 0 aliphatic carbocycles. The molecule has 0 aromatic heterocycles. The Morgan fingerprint density at radius 3 is 2.71 bits per heavy atom. The monoisotopic (exact) mass is 603 g/mol. The first-order valence-corrected chi connectivity index (χ1v) is 10.5. The lowest BCUT2D eigenvalue weighted by atomic mass is 10.1. The molecule has 0 spiro atoms. The molecule has 0 saturated heterocycles. The minimum Gasteiger partial charge on any atom is -0.490 e. The zero-order valence-electron chi connectivity index (χ0n) is 15.0. The summed E-state index contributed by atoms with van der Waals surface area (Å²) in [5.74, 6) is 0.0896. The number of rotatable bonds is 5. The van der Waals surface area contributed by atoms with Crippen molar-refractivity contribution in [1.29, 1.82) is 0 Å². The molecule has 6 nitrogen and oxygen atoms in total. The van der Waals surface area contributed by atoms with Crippen LogP contribution in [0.15, 0.2) is 47.1 Å². The van der Waals surface area contributed by atoms with E-state index in [1.807, 2.05) is 31.2 Å². The van der Waals surface area contributed by atoms with E-state index in [4.69, 9.17) is 14.2 Å². The standard InChI is InChI=1S/C20H15I2NO5/c1-3-26-17-9-12(7-15(22)18(17)27-11(2)24)8-16-20(25)28-19(23-16)13-5-4-6-14(21)10-13/h4-10H,3H2,1-2H3. The number of halogens is 2. The lowest BCUT2D eigenvalue weighted by molar-refractivity contribution is -0.132. The molecule has 0 saturated carbocycles. The van der Waals surface area contributed by atoms with Crippen LogP contribution in [-0.4, -0.2) is 24.4 Å². The summed E-state index contributed by atoms with van der Waals surface area (Å²) >= 11 is 4.24. The van der Waals surface area contributed by atoms with Crippen molar-refractivity contribution in [3.63, 3.8) is 0 Å². The topological polar surface area (TPSA) is 74.2 Å². The van der Waals surface area contributed by atoms with Gasteiger partial charge in [-0.3, -0.25) is 4.79 Å².